The molecule has 1 aliphatic carbocycles. The molecule has 4 nitrogen and oxygen atoms in total. The smallest absolute Gasteiger partial charge is 0.341 e. The third-order valence-electron chi connectivity index (χ3n) is 4.36. The first-order chi connectivity index (χ1) is 11.8. The summed E-state index contributed by atoms with van der Waals surface area (Å²) in [6.07, 6.45) is 1.68. The number of carbonyl (C=O) groups excluding carboxylic acids is 1. The number of fused-ring (bicyclic) bond motifs is 1. The SMILES string of the molecule is Cc1ccc2c(c1)CC[C@H]2NC(=O)c1ccc(S(=O)(=O)C(F)F)cc1. The minimum atomic E-state index is -4.65. The summed E-state index contributed by atoms with van der Waals surface area (Å²) in [5, 5.41) is 2.92. The highest BCUT2D eigenvalue weighted by atomic mass is 32.2. The molecule has 0 unspecified atom stereocenters. The molecule has 132 valence electrons. The predicted molar refractivity (Wildman–Crippen MR) is 89.3 cm³/mol. The highest BCUT2D eigenvalue weighted by molar-refractivity contribution is 7.91. The number of hydrogen-bond donors (Lipinski definition) is 1. The number of sulfone groups is 1. The van der Waals surface area contributed by atoms with Crippen molar-refractivity contribution in [2.24, 2.45) is 0 Å². The minimum absolute atomic E-state index is 0.104. The summed E-state index contributed by atoms with van der Waals surface area (Å²) in [4.78, 5) is 11.9. The van der Waals surface area contributed by atoms with Crippen LogP contribution in [0, 0.1) is 6.92 Å². The summed E-state index contributed by atoms with van der Waals surface area (Å²) in [7, 11) is -4.65. The van der Waals surface area contributed by atoms with Crippen LogP contribution in [0.4, 0.5) is 8.78 Å². The number of hydrogen-bond acceptors (Lipinski definition) is 3. The molecule has 25 heavy (non-hydrogen) atoms. The Balaban J connectivity index is 1.75. The van der Waals surface area contributed by atoms with Gasteiger partial charge in [0.05, 0.1) is 10.9 Å². The normalized spacial score (nSPS) is 16.7. The molecule has 0 saturated carbocycles. The van der Waals surface area contributed by atoms with Crippen molar-refractivity contribution in [1.82, 2.24) is 5.32 Å². The van der Waals surface area contributed by atoms with Gasteiger partial charge in [0, 0.05) is 5.56 Å². The van der Waals surface area contributed by atoms with E-state index >= 15 is 0 Å². The highest BCUT2D eigenvalue weighted by Gasteiger charge is 2.27. The third-order valence-corrected chi connectivity index (χ3v) is 5.76. The Hall–Kier alpha value is -2.28. The van der Waals surface area contributed by atoms with Gasteiger partial charge in [-0.1, -0.05) is 23.8 Å². The largest absolute Gasteiger partial charge is 0.345 e. The van der Waals surface area contributed by atoms with Crippen LogP contribution in [0.25, 0.3) is 0 Å². The molecule has 0 spiro atoms. The first-order valence-electron chi connectivity index (χ1n) is 7.81. The van der Waals surface area contributed by atoms with Crippen molar-refractivity contribution in [2.45, 2.75) is 36.5 Å². The topological polar surface area (TPSA) is 63.2 Å². The number of halogens is 2. The second-order valence-corrected chi connectivity index (χ2v) is 8.01. The van der Waals surface area contributed by atoms with Gasteiger partial charge in [-0.15, -0.1) is 0 Å². The van der Waals surface area contributed by atoms with E-state index in [4.69, 9.17) is 0 Å². The van der Waals surface area contributed by atoms with Crippen LogP contribution in [-0.4, -0.2) is 20.1 Å². The van der Waals surface area contributed by atoms with E-state index in [0.717, 1.165) is 30.5 Å². The van der Waals surface area contributed by atoms with Gasteiger partial charge in [0.2, 0.25) is 9.84 Å². The number of carbonyl (C=O) groups is 1. The maximum Gasteiger partial charge on any atom is 0.341 e. The number of alkyl halides is 2. The van der Waals surface area contributed by atoms with Gasteiger partial charge >= 0.3 is 5.76 Å². The maximum atomic E-state index is 12.5. The second kappa shape index (κ2) is 6.55. The molecule has 1 aliphatic rings. The zero-order chi connectivity index (χ0) is 18.2. The Morgan fingerprint density at radius 3 is 2.48 bits per heavy atom. The van der Waals surface area contributed by atoms with Gasteiger partial charge in [-0.25, -0.2) is 8.42 Å². The fraction of sp³-hybridized carbons (Fsp3) is 0.278. The molecule has 3 rings (SSSR count). The summed E-state index contributed by atoms with van der Waals surface area (Å²) in [6.45, 7) is 2.02. The van der Waals surface area contributed by atoms with E-state index in [1.165, 1.54) is 23.3 Å². The number of aryl methyl sites for hydroxylation is 2. The van der Waals surface area contributed by atoms with E-state index in [9.17, 15) is 22.0 Å². The van der Waals surface area contributed by atoms with E-state index < -0.39 is 20.5 Å². The van der Waals surface area contributed by atoms with Crippen LogP contribution >= 0.6 is 0 Å². The molecule has 0 bridgehead atoms. The van der Waals surface area contributed by atoms with Crippen molar-refractivity contribution in [3.05, 3.63) is 64.7 Å². The average molecular weight is 365 g/mol. The van der Waals surface area contributed by atoms with Crippen LogP contribution < -0.4 is 5.32 Å². The molecule has 0 aromatic heterocycles. The molecule has 1 N–H and O–H groups in total. The van der Waals surface area contributed by atoms with Crippen molar-refractivity contribution >= 4 is 15.7 Å². The van der Waals surface area contributed by atoms with Crippen LogP contribution in [-0.2, 0) is 16.3 Å². The molecule has 0 saturated heterocycles. The van der Waals surface area contributed by atoms with E-state index in [1.54, 1.807) is 0 Å². The van der Waals surface area contributed by atoms with Crippen LogP contribution in [0.2, 0.25) is 0 Å². The van der Waals surface area contributed by atoms with E-state index in [-0.39, 0.29) is 17.5 Å². The third kappa shape index (κ3) is 3.42. The van der Waals surface area contributed by atoms with Gasteiger partial charge in [-0.3, -0.25) is 4.79 Å². The van der Waals surface area contributed by atoms with Gasteiger partial charge in [-0.05, 0) is 55.2 Å². The summed E-state index contributed by atoms with van der Waals surface area (Å²) in [6, 6.07) is 10.5. The summed E-state index contributed by atoms with van der Waals surface area (Å²) >= 11 is 0. The maximum absolute atomic E-state index is 12.5. The molecule has 1 atom stereocenters. The van der Waals surface area contributed by atoms with Crippen molar-refractivity contribution in [2.75, 3.05) is 0 Å². The molecule has 0 heterocycles. The molecule has 7 heteroatoms. The zero-order valence-corrected chi connectivity index (χ0v) is 14.3. The predicted octanol–water partition coefficient (Wildman–Crippen LogP) is 3.41. The molecular formula is C18H17F2NO3S. The fourth-order valence-corrected chi connectivity index (χ4v) is 3.76. The van der Waals surface area contributed by atoms with Crippen LogP contribution in [0.3, 0.4) is 0 Å². The molecule has 2 aromatic rings. The van der Waals surface area contributed by atoms with Gasteiger partial charge in [-0.2, -0.15) is 8.78 Å². The highest BCUT2D eigenvalue weighted by Crippen LogP contribution is 2.32. The van der Waals surface area contributed by atoms with Crippen LogP contribution in [0.1, 0.15) is 39.5 Å². The van der Waals surface area contributed by atoms with Crippen LogP contribution in [0.5, 0.6) is 0 Å². The standard InChI is InChI=1S/C18H17F2NO3S/c1-11-2-8-15-13(10-11)5-9-16(15)21-17(22)12-3-6-14(7-4-12)25(23,24)18(19)20/h2-4,6-8,10,16,18H,5,9H2,1H3,(H,21,22)/t16-/m1/s1. The summed E-state index contributed by atoms with van der Waals surface area (Å²) in [5.74, 6) is -3.84. The molecule has 2 aromatic carbocycles. The minimum Gasteiger partial charge on any atom is -0.345 e. The van der Waals surface area contributed by atoms with E-state index in [1.807, 2.05) is 19.1 Å². The summed E-state index contributed by atoms with van der Waals surface area (Å²) in [5.41, 5.74) is 3.69. The van der Waals surface area contributed by atoms with Crippen molar-refractivity contribution in [3.63, 3.8) is 0 Å². The molecule has 0 aliphatic heterocycles. The molecular weight excluding hydrogens is 348 g/mol. The van der Waals surface area contributed by atoms with Crippen molar-refractivity contribution in [1.29, 1.82) is 0 Å². The number of benzene rings is 2. The van der Waals surface area contributed by atoms with E-state index in [0.29, 0.717) is 0 Å². The van der Waals surface area contributed by atoms with Gasteiger partial charge in [0.15, 0.2) is 0 Å². The van der Waals surface area contributed by atoms with E-state index in [2.05, 4.69) is 11.4 Å². The Bertz CT molecular complexity index is 908. The van der Waals surface area contributed by atoms with Crippen molar-refractivity contribution < 1.29 is 22.0 Å². The van der Waals surface area contributed by atoms with Gasteiger partial charge < -0.3 is 5.32 Å². The quantitative estimate of drug-likeness (QED) is 0.903. The monoisotopic (exact) mass is 365 g/mol. The lowest BCUT2D eigenvalue weighted by molar-refractivity contribution is 0.0936. The number of amides is 1. The molecule has 0 radical (unpaired) electrons. The van der Waals surface area contributed by atoms with Gasteiger partial charge in [0.1, 0.15) is 0 Å². The second-order valence-electron chi connectivity index (χ2n) is 6.10. The lowest BCUT2D eigenvalue weighted by Gasteiger charge is -2.14. The zero-order valence-electron chi connectivity index (χ0n) is 13.5. The number of nitrogens with one attached hydrogen (secondary N) is 1. The van der Waals surface area contributed by atoms with Gasteiger partial charge in [0.25, 0.3) is 5.91 Å². The number of rotatable bonds is 4. The summed E-state index contributed by atoms with van der Waals surface area (Å²) < 4.78 is 47.9. The van der Waals surface area contributed by atoms with Crippen molar-refractivity contribution in [3.8, 4) is 0 Å². The Kier molecular flexibility index (Phi) is 4.60. The Labute approximate surface area is 144 Å². The first-order valence-corrected chi connectivity index (χ1v) is 9.36. The lowest BCUT2D eigenvalue weighted by atomic mass is 10.1. The Morgan fingerprint density at radius 2 is 1.84 bits per heavy atom. The lowest BCUT2D eigenvalue weighted by Crippen LogP contribution is -2.27. The average Bonchev–Trinajstić information content (AvgIpc) is 2.96. The molecule has 0 fully saturated rings. The molecule has 1 amide bonds. The first kappa shape index (κ1) is 17.5. The fourth-order valence-electron chi connectivity index (χ4n) is 3.04. The van der Waals surface area contributed by atoms with Crippen LogP contribution in [0.15, 0.2) is 47.4 Å². The Morgan fingerprint density at radius 1 is 1.16 bits per heavy atom.